The Morgan fingerprint density at radius 1 is 1.14 bits per heavy atom. The molecule has 0 spiro atoms. The molecule has 0 aliphatic carbocycles. The molecule has 0 fully saturated rings. The molecule has 0 amide bonds. The Bertz CT molecular complexity index is 747. The van der Waals surface area contributed by atoms with E-state index in [4.69, 9.17) is 4.99 Å². The van der Waals surface area contributed by atoms with Crippen molar-refractivity contribution in [2.24, 2.45) is 4.99 Å². The second kappa shape index (κ2) is 6.41. The number of para-hydroxylation sites is 1. The summed E-state index contributed by atoms with van der Waals surface area (Å²) >= 11 is 1.74. The lowest BCUT2D eigenvalue weighted by Gasteiger charge is -2.27. The van der Waals surface area contributed by atoms with Gasteiger partial charge in [-0.25, -0.2) is 4.99 Å². The molecule has 3 rings (SSSR count). The van der Waals surface area contributed by atoms with Gasteiger partial charge in [0, 0.05) is 24.1 Å². The smallest absolute Gasteiger partial charge is 0.169 e. The Kier molecular flexibility index (Phi) is 4.34. The van der Waals surface area contributed by atoms with Crippen molar-refractivity contribution in [3.05, 3.63) is 65.7 Å². The highest BCUT2D eigenvalue weighted by atomic mass is 32.2. The van der Waals surface area contributed by atoms with Gasteiger partial charge in [-0.15, -0.1) is 0 Å². The fourth-order valence-electron chi connectivity index (χ4n) is 2.50. The third kappa shape index (κ3) is 2.95. The summed E-state index contributed by atoms with van der Waals surface area (Å²) in [6.07, 6.45) is 2.13. The third-order valence-corrected chi connectivity index (χ3v) is 5.09. The molecule has 2 aromatic rings. The van der Waals surface area contributed by atoms with E-state index in [1.54, 1.807) is 11.8 Å². The number of hydrogen-bond acceptors (Lipinski definition) is 2. The molecule has 1 aliphatic heterocycles. The number of thioether (sulfide) groups is 1. The molecule has 2 aromatic carbocycles. The highest BCUT2D eigenvalue weighted by molar-refractivity contribution is 8.14. The number of nitrogens with zero attached hydrogens (tertiary/aromatic N) is 2. The lowest BCUT2D eigenvalue weighted by Crippen LogP contribution is -2.27. The summed E-state index contributed by atoms with van der Waals surface area (Å²) < 4.78 is 0. The van der Waals surface area contributed by atoms with Crippen molar-refractivity contribution >= 4 is 28.2 Å². The zero-order chi connectivity index (χ0) is 15.5. The van der Waals surface area contributed by atoms with Crippen molar-refractivity contribution in [2.45, 2.75) is 25.3 Å². The molecule has 3 heteroatoms. The molecule has 0 aromatic heterocycles. The van der Waals surface area contributed by atoms with Gasteiger partial charge in [0.1, 0.15) is 0 Å². The molecule has 0 radical (unpaired) electrons. The lowest BCUT2D eigenvalue weighted by molar-refractivity contribution is 0.501. The van der Waals surface area contributed by atoms with Crippen LogP contribution in [-0.2, 0) is 6.54 Å². The van der Waals surface area contributed by atoms with Crippen LogP contribution in [0.2, 0.25) is 0 Å². The molecule has 22 heavy (non-hydrogen) atoms. The standard InChI is InChI=1S/C19H20N2S/c1-4-14(2)16-10-6-7-11-17(16)20-19-21(3)13-15-9-5-8-12-18(15)22-19/h4-12H,13H2,1-3H3. The van der Waals surface area contributed by atoms with E-state index in [1.165, 1.54) is 21.6 Å². The quantitative estimate of drug-likeness (QED) is 0.744. The average Bonchev–Trinajstić information content (AvgIpc) is 2.55. The Morgan fingerprint density at radius 2 is 1.86 bits per heavy atom. The molecule has 0 bridgehead atoms. The van der Waals surface area contributed by atoms with Crippen molar-refractivity contribution in [1.29, 1.82) is 0 Å². The van der Waals surface area contributed by atoms with Crippen molar-refractivity contribution in [3.8, 4) is 0 Å². The minimum atomic E-state index is 0.909. The molecule has 2 nitrogen and oxygen atoms in total. The van der Waals surface area contributed by atoms with E-state index in [-0.39, 0.29) is 0 Å². The van der Waals surface area contributed by atoms with Gasteiger partial charge in [0.15, 0.2) is 5.17 Å². The molecule has 112 valence electrons. The van der Waals surface area contributed by atoms with Gasteiger partial charge in [0.25, 0.3) is 0 Å². The molecular formula is C19H20N2S. The van der Waals surface area contributed by atoms with Crippen LogP contribution in [0.1, 0.15) is 25.0 Å². The molecular weight excluding hydrogens is 288 g/mol. The topological polar surface area (TPSA) is 15.6 Å². The van der Waals surface area contributed by atoms with Gasteiger partial charge in [-0.3, -0.25) is 0 Å². The molecule has 0 saturated carbocycles. The van der Waals surface area contributed by atoms with Gasteiger partial charge in [0.05, 0.1) is 5.69 Å². The van der Waals surface area contributed by atoms with E-state index in [0.29, 0.717) is 0 Å². The summed E-state index contributed by atoms with van der Waals surface area (Å²) in [4.78, 5) is 8.45. The average molecular weight is 308 g/mol. The second-order valence-corrected chi connectivity index (χ2v) is 6.46. The number of allylic oxidation sites excluding steroid dienone is 2. The Morgan fingerprint density at radius 3 is 2.68 bits per heavy atom. The number of aliphatic imine (C=N–C) groups is 1. The van der Waals surface area contributed by atoms with Gasteiger partial charge in [0.2, 0.25) is 0 Å². The summed E-state index contributed by atoms with van der Waals surface area (Å²) in [5.74, 6) is 0. The minimum absolute atomic E-state index is 0.909. The van der Waals surface area contributed by atoms with E-state index < -0.39 is 0 Å². The minimum Gasteiger partial charge on any atom is -0.350 e. The summed E-state index contributed by atoms with van der Waals surface area (Å²) in [7, 11) is 2.10. The number of benzene rings is 2. The highest BCUT2D eigenvalue weighted by Crippen LogP contribution is 2.34. The first-order valence-corrected chi connectivity index (χ1v) is 8.28. The Labute approximate surface area is 136 Å². The summed E-state index contributed by atoms with van der Waals surface area (Å²) in [5.41, 5.74) is 4.85. The van der Waals surface area contributed by atoms with Crippen molar-refractivity contribution < 1.29 is 0 Å². The van der Waals surface area contributed by atoms with Crippen LogP contribution in [0.5, 0.6) is 0 Å². The second-order valence-electron chi connectivity index (χ2n) is 5.45. The van der Waals surface area contributed by atoms with Crippen LogP contribution in [-0.4, -0.2) is 17.1 Å². The van der Waals surface area contributed by atoms with Crippen molar-refractivity contribution in [1.82, 2.24) is 4.90 Å². The Hall–Kier alpha value is -2.00. The van der Waals surface area contributed by atoms with E-state index in [1.807, 2.05) is 6.07 Å². The van der Waals surface area contributed by atoms with Crippen molar-refractivity contribution in [3.63, 3.8) is 0 Å². The van der Waals surface area contributed by atoms with Crippen LogP contribution in [0, 0.1) is 0 Å². The van der Waals surface area contributed by atoms with E-state index in [2.05, 4.69) is 74.3 Å². The van der Waals surface area contributed by atoms with E-state index in [0.717, 1.165) is 17.4 Å². The maximum atomic E-state index is 4.93. The lowest BCUT2D eigenvalue weighted by atomic mass is 10.1. The van der Waals surface area contributed by atoms with E-state index >= 15 is 0 Å². The number of hydrogen-bond donors (Lipinski definition) is 0. The van der Waals surface area contributed by atoms with Gasteiger partial charge >= 0.3 is 0 Å². The first kappa shape index (κ1) is 14.9. The molecule has 0 unspecified atom stereocenters. The first-order valence-electron chi connectivity index (χ1n) is 7.47. The predicted octanol–water partition coefficient (Wildman–Crippen LogP) is 5.34. The maximum absolute atomic E-state index is 4.93. The van der Waals surface area contributed by atoms with Gasteiger partial charge in [-0.05, 0) is 37.1 Å². The summed E-state index contributed by atoms with van der Waals surface area (Å²) in [5, 5.41) is 1.05. The van der Waals surface area contributed by atoms with Gasteiger partial charge in [-0.1, -0.05) is 54.2 Å². The maximum Gasteiger partial charge on any atom is 0.169 e. The molecule has 0 saturated heterocycles. The summed E-state index contributed by atoms with van der Waals surface area (Å²) in [6, 6.07) is 16.9. The van der Waals surface area contributed by atoms with E-state index in [9.17, 15) is 0 Å². The molecule has 0 atom stereocenters. The SMILES string of the molecule is CC=C(C)c1ccccc1N=C1Sc2ccccc2CN1C. The van der Waals surface area contributed by atoms with Crippen LogP contribution < -0.4 is 0 Å². The fraction of sp³-hybridized carbons (Fsp3) is 0.211. The van der Waals surface area contributed by atoms with Crippen LogP contribution >= 0.6 is 11.8 Å². The van der Waals surface area contributed by atoms with Gasteiger partial charge in [-0.2, -0.15) is 0 Å². The zero-order valence-corrected chi connectivity index (χ0v) is 14.0. The van der Waals surface area contributed by atoms with Crippen LogP contribution in [0.15, 0.2) is 64.5 Å². The normalized spacial score (nSPS) is 16.8. The molecule has 0 N–H and O–H groups in total. The Balaban J connectivity index is 2.00. The zero-order valence-electron chi connectivity index (χ0n) is 13.2. The van der Waals surface area contributed by atoms with Crippen molar-refractivity contribution in [2.75, 3.05) is 7.05 Å². The fourth-order valence-corrected chi connectivity index (χ4v) is 3.48. The number of fused-ring (bicyclic) bond motifs is 1. The third-order valence-electron chi connectivity index (χ3n) is 3.89. The van der Waals surface area contributed by atoms with Crippen LogP contribution in [0.25, 0.3) is 5.57 Å². The van der Waals surface area contributed by atoms with Gasteiger partial charge < -0.3 is 4.90 Å². The summed E-state index contributed by atoms with van der Waals surface area (Å²) in [6.45, 7) is 5.11. The van der Waals surface area contributed by atoms with Crippen LogP contribution in [0.4, 0.5) is 5.69 Å². The molecule has 1 heterocycles. The van der Waals surface area contributed by atoms with Crippen LogP contribution in [0.3, 0.4) is 0 Å². The highest BCUT2D eigenvalue weighted by Gasteiger charge is 2.19. The number of rotatable bonds is 2. The molecule has 1 aliphatic rings. The first-order chi connectivity index (χ1) is 10.7. The largest absolute Gasteiger partial charge is 0.350 e. The monoisotopic (exact) mass is 308 g/mol. The number of amidine groups is 1. The predicted molar refractivity (Wildman–Crippen MR) is 96.6 cm³/mol.